The fourth-order valence-electron chi connectivity index (χ4n) is 4.63. The van der Waals surface area contributed by atoms with Gasteiger partial charge in [0.05, 0.1) is 17.6 Å². The predicted molar refractivity (Wildman–Crippen MR) is 159 cm³/mol. The van der Waals surface area contributed by atoms with Crippen LogP contribution in [0.5, 0.6) is 5.75 Å². The normalized spacial score (nSPS) is 12.0. The lowest BCUT2D eigenvalue weighted by atomic mass is 9.99. The van der Waals surface area contributed by atoms with E-state index >= 15 is 0 Å². The highest BCUT2D eigenvalue weighted by Gasteiger charge is 2.11. The minimum atomic E-state index is -0.0261. The average Bonchev–Trinajstić information content (AvgIpc) is 3.30. The van der Waals surface area contributed by atoms with Gasteiger partial charge in [-0.3, -0.25) is 4.79 Å². The number of carbonyl (C=O) groups excluding carboxylic acids is 1. The Bertz CT molecular complexity index is 1320. The van der Waals surface area contributed by atoms with Crippen molar-refractivity contribution in [3.63, 3.8) is 0 Å². The van der Waals surface area contributed by atoms with Crippen molar-refractivity contribution in [1.29, 1.82) is 0 Å². The van der Waals surface area contributed by atoms with E-state index in [1.54, 1.807) is 0 Å². The number of nitrogens with one attached hydrogen (secondary N) is 1. The summed E-state index contributed by atoms with van der Waals surface area (Å²) in [6, 6.07) is 24.4. The Balaban J connectivity index is 1.23. The van der Waals surface area contributed by atoms with Crippen molar-refractivity contribution < 1.29 is 9.53 Å². The Hall–Kier alpha value is -3.12. The second-order valence-electron chi connectivity index (χ2n) is 9.83. The lowest BCUT2D eigenvalue weighted by Crippen LogP contribution is -2.24. The smallest absolute Gasteiger partial charge is 0.251 e. The van der Waals surface area contributed by atoms with Crippen LogP contribution in [0.4, 0.5) is 0 Å². The molecule has 0 radical (unpaired) electrons. The van der Waals surface area contributed by atoms with Gasteiger partial charge in [-0.25, -0.2) is 4.98 Å². The van der Waals surface area contributed by atoms with Crippen LogP contribution in [-0.4, -0.2) is 28.6 Å². The highest BCUT2D eigenvalue weighted by molar-refractivity contribution is 9.10. The molecule has 0 aliphatic rings. The number of aromatic nitrogens is 2. The van der Waals surface area contributed by atoms with Gasteiger partial charge in [0.1, 0.15) is 11.6 Å². The zero-order valence-corrected chi connectivity index (χ0v) is 24.0. The molecule has 0 aliphatic heterocycles. The monoisotopic (exact) mass is 575 g/mol. The number of halogens is 1. The summed E-state index contributed by atoms with van der Waals surface area (Å²) in [4.78, 5) is 17.2. The summed E-state index contributed by atoms with van der Waals surface area (Å²) in [6.45, 7) is 6.70. The van der Waals surface area contributed by atoms with E-state index in [4.69, 9.17) is 9.72 Å². The van der Waals surface area contributed by atoms with Crippen LogP contribution in [0.2, 0.25) is 0 Å². The predicted octanol–water partition coefficient (Wildman–Crippen LogP) is 7.92. The van der Waals surface area contributed by atoms with E-state index in [2.05, 4.69) is 82.1 Å². The lowest BCUT2D eigenvalue weighted by Gasteiger charge is -2.12. The molecule has 1 N–H and O–H groups in total. The molecular formula is C32H38BrN3O2. The maximum Gasteiger partial charge on any atom is 0.251 e. The first-order valence-corrected chi connectivity index (χ1v) is 14.5. The standard InChI is InChI=1S/C32H38BrN3O2/c1-3-24(2)25-16-18-28(19-17-25)38-22-10-21-36-30-14-7-6-13-29(30)35-31(36)15-5-4-8-20-34-32(37)26-11-9-12-27(33)23-26/h6-7,9,11-14,16-19,23-24H,3-5,8,10,15,20-22H2,1-2H3,(H,34,37). The molecule has 0 saturated heterocycles. The number of nitrogens with zero attached hydrogens (tertiary/aromatic N) is 2. The number of fused-ring (bicyclic) bond motifs is 1. The van der Waals surface area contributed by atoms with E-state index in [0.717, 1.165) is 66.6 Å². The maximum atomic E-state index is 12.3. The number of ether oxygens (including phenoxy) is 1. The molecule has 4 rings (SSSR count). The zero-order valence-electron chi connectivity index (χ0n) is 22.5. The van der Waals surface area contributed by atoms with Crippen LogP contribution in [0.15, 0.2) is 77.3 Å². The second-order valence-corrected chi connectivity index (χ2v) is 10.7. The minimum absolute atomic E-state index is 0.0261. The molecule has 200 valence electrons. The summed E-state index contributed by atoms with van der Waals surface area (Å²) in [5.74, 6) is 2.61. The van der Waals surface area contributed by atoms with E-state index < -0.39 is 0 Å². The second kappa shape index (κ2) is 14.1. The van der Waals surface area contributed by atoms with Gasteiger partial charge >= 0.3 is 0 Å². The number of para-hydroxylation sites is 2. The molecule has 3 aromatic carbocycles. The molecule has 5 nitrogen and oxygen atoms in total. The van der Waals surface area contributed by atoms with E-state index in [1.807, 2.05) is 30.3 Å². The Morgan fingerprint density at radius 1 is 1.00 bits per heavy atom. The SMILES string of the molecule is CCC(C)c1ccc(OCCCn2c(CCCCCNC(=O)c3cccc(Br)c3)nc3ccccc32)cc1. The van der Waals surface area contributed by atoms with Crippen molar-refractivity contribution in [2.45, 2.75) is 64.8 Å². The highest BCUT2D eigenvalue weighted by atomic mass is 79.9. The number of aryl methyl sites for hydroxylation is 2. The topological polar surface area (TPSA) is 56.1 Å². The first-order chi connectivity index (χ1) is 18.5. The molecule has 1 unspecified atom stereocenters. The highest BCUT2D eigenvalue weighted by Crippen LogP contribution is 2.22. The summed E-state index contributed by atoms with van der Waals surface area (Å²) in [5.41, 5.74) is 4.27. The van der Waals surface area contributed by atoms with Crippen LogP contribution in [0, 0.1) is 0 Å². The van der Waals surface area contributed by atoms with Crippen molar-refractivity contribution in [2.24, 2.45) is 0 Å². The van der Waals surface area contributed by atoms with Gasteiger partial charge in [0, 0.05) is 29.5 Å². The Labute approximate surface area is 234 Å². The number of carbonyl (C=O) groups is 1. The van der Waals surface area contributed by atoms with Gasteiger partial charge in [-0.15, -0.1) is 0 Å². The molecule has 0 saturated carbocycles. The molecule has 1 heterocycles. The summed E-state index contributed by atoms with van der Waals surface area (Å²) < 4.78 is 9.30. The Kier molecular flexibility index (Phi) is 10.4. The van der Waals surface area contributed by atoms with Crippen molar-refractivity contribution in [1.82, 2.24) is 14.9 Å². The van der Waals surface area contributed by atoms with Crippen molar-refractivity contribution >= 4 is 32.9 Å². The number of amides is 1. The summed E-state index contributed by atoms with van der Waals surface area (Å²) in [5, 5.41) is 3.02. The molecule has 1 aromatic heterocycles. The minimum Gasteiger partial charge on any atom is -0.494 e. The molecule has 38 heavy (non-hydrogen) atoms. The Morgan fingerprint density at radius 3 is 2.61 bits per heavy atom. The van der Waals surface area contributed by atoms with Crippen LogP contribution >= 0.6 is 15.9 Å². The molecule has 0 aliphatic carbocycles. The summed E-state index contributed by atoms with van der Waals surface area (Å²) >= 11 is 3.42. The number of unbranched alkanes of at least 4 members (excludes halogenated alkanes) is 2. The number of hydrogen-bond acceptors (Lipinski definition) is 3. The number of hydrogen-bond donors (Lipinski definition) is 1. The summed E-state index contributed by atoms with van der Waals surface area (Å²) in [7, 11) is 0. The molecule has 1 amide bonds. The molecule has 1 atom stereocenters. The number of imidazole rings is 1. The fraction of sp³-hybridized carbons (Fsp3) is 0.375. The largest absolute Gasteiger partial charge is 0.494 e. The van der Waals surface area contributed by atoms with Crippen LogP contribution in [0.1, 0.15) is 73.6 Å². The quantitative estimate of drug-likeness (QED) is 0.155. The third-order valence-electron chi connectivity index (χ3n) is 7.04. The molecule has 4 aromatic rings. The Morgan fingerprint density at radius 2 is 1.82 bits per heavy atom. The van der Waals surface area contributed by atoms with Gasteiger partial charge in [0.25, 0.3) is 5.91 Å². The maximum absolute atomic E-state index is 12.3. The molecular weight excluding hydrogens is 538 g/mol. The van der Waals surface area contributed by atoms with Crippen LogP contribution in [-0.2, 0) is 13.0 Å². The van der Waals surface area contributed by atoms with Crippen molar-refractivity contribution in [3.8, 4) is 5.75 Å². The first-order valence-electron chi connectivity index (χ1n) is 13.8. The number of rotatable bonds is 14. The van der Waals surface area contributed by atoms with Gasteiger partial charge in [0.15, 0.2) is 0 Å². The van der Waals surface area contributed by atoms with E-state index in [0.29, 0.717) is 24.6 Å². The van der Waals surface area contributed by atoms with Crippen LogP contribution in [0.3, 0.4) is 0 Å². The average molecular weight is 577 g/mol. The molecule has 6 heteroatoms. The molecule has 0 spiro atoms. The first kappa shape index (κ1) is 27.9. The van der Waals surface area contributed by atoms with Gasteiger partial charge in [0.2, 0.25) is 0 Å². The third-order valence-corrected chi connectivity index (χ3v) is 7.53. The lowest BCUT2D eigenvalue weighted by molar-refractivity contribution is 0.0953. The molecule has 0 bridgehead atoms. The van der Waals surface area contributed by atoms with Crippen molar-refractivity contribution in [2.75, 3.05) is 13.2 Å². The van der Waals surface area contributed by atoms with E-state index in [9.17, 15) is 4.79 Å². The van der Waals surface area contributed by atoms with Crippen LogP contribution < -0.4 is 10.1 Å². The van der Waals surface area contributed by atoms with E-state index in [-0.39, 0.29) is 5.91 Å². The zero-order chi connectivity index (χ0) is 26.7. The molecule has 0 fully saturated rings. The van der Waals surface area contributed by atoms with Crippen molar-refractivity contribution in [3.05, 3.63) is 94.2 Å². The van der Waals surface area contributed by atoms with Gasteiger partial charge < -0.3 is 14.6 Å². The number of benzene rings is 3. The fourth-order valence-corrected chi connectivity index (χ4v) is 5.02. The van der Waals surface area contributed by atoms with E-state index in [1.165, 1.54) is 11.1 Å². The summed E-state index contributed by atoms with van der Waals surface area (Å²) in [6.07, 6.45) is 6.01. The van der Waals surface area contributed by atoms with Crippen LogP contribution in [0.25, 0.3) is 11.0 Å². The van der Waals surface area contributed by atoms with Gasteiger partial charge in [-0.1, -0.05) is 66.5 Å². The third kappa shape index (κ3) is 7.70. The van der Waals surface area contributed by atoms with Gasteiger partial charge in [-0.2, -0.15) is 0 Å². The van der Waals surface area contributed by atoms with Gasteiger partial charge in [-0.05, 0) is 79.6 Å².